The van der Waals surface area contributed by atoms with E-state index in [1.807, 2.05) is 12.3 Å². The molecule has 1 atom stereocenters. The van der Waals surface area contributed by atoms with Crippen molar-refractivity contribution in [1.82, 2.24) is 19.5 Å². The van der Waals surface area contributed by atoms with E-state index in [1.54, 1.807) is 22.7 Å². The van der Waals surface area contributed by atoms with Crippen molar-refractivity contribution in [2.75, 3.05) is 6.26 Å². The highest BCUT2D eigenvalue weighted by atomic mass is 32.2. The zero-order chi connectivity index (χ0) is 22.2. The van der Waals surface area contributed by atoms with Gasteiger partial charge in [0, 0.05) is 11.8 Å². The third kappa shape index (κ3) is 4.13. The van der Waals surface area contributed by atoms with Crippen molar-refractivity contribution in [2.24, 2.45) is 0 Å². The maximum Gasteiger partial charge on any atom is 0.416 e. The topological polar surface area (TPSA) is 82.5 Å². The van der Waals surface area contributed by atoms with E-state index in [-0.39, 0.29) is 23.0 Å². The number of halogens is 3. The van der Waals surface area contributed by atoms with Crippen molar-refractivity contribution in [2.45, 2.75) is 24.4 Å². The van der Waals surface area contributed by atoms with E-state index in [1.165, 1.54) is 30.8 Å². The van der Waals surface area contributed by atoms with E-state index >= 15 is 0 Å². The summed E-state index contributed by atoms with van der Waals surface area (Å²) in [4.78, 5) is 21.1. The van der Waals surface area contributed by atoms with E-state index < -0.39 is 23.8 Å². The summed E-state index contributed by atoms with van der Waals surface area (Å²) in [6.07, 6.45) is -1.80. The van der Waals surface area contributed by atoms with Crippen molar-refractivity contribution >= 4 is 23.2 Å². The fourth-order valence-electron chi connectivity index (χ4n) is 2.92. The lowest BCUT2D eigenvalue weighted by Crippen LogP contribution is -2.10. The first kappa shape index (κ1) is 20.9. The molecule has 4 aromatic rings. The minimum absolute atomic E-state index is 0.0406. The number of carbonyl (C=O) groups is 1. The van der Waals surface area contributed by atoms with Crippen molar-refractivity contribution < 1.29 is 27.2 Å². The summed E-state index contributed by atoms with van der Waals surface area (Å²) in [5.74, 6) is -0.772. The van der Waals surface area contributed by atoms with Gasteiger partial charge in [0.15, 0.2) is 17.0 Å². The standard InChI is InChI=1S/C20H15F3N4O3S/c1-11(29-18(28)15-14-8-3-4-9-27(14)19(24-15)31-2)17-25-16(26-30-17)12-6-5-7-13(10-12)20(21,22)23/h3-11H,1-2H3. The number of nitrogens with zero attached hydrogens (tertiary/aromatic N) is 4. The van der Waals surface area contributed by atoms with Crippen LogP contribution >= 0.6 is 11.8 Å². The van der Waals surface area contributed by atoms with Crippen molar-refractivity contribution in [3.8, 4) is 11.4 Å². The molecule has 0 spiro atoms. The van der Waals surface area contributed by atoms with Crippen LogP contribution < -0.4 is 0 Å². The van der Waals surface area contributed by atoms with Gasteiger partial charge in [-0.15, -0.1) is 0 Å². The van der Waals surface area contributed by atoms with Crippen molar-refractivity contribution in [3.63, 3.8) is 0 Å². The van der Waals surface area contributed by atoms with Gasteiger partial charge in [-0.25, -0.2) is 9.78 Å². The van der Waals surface area contributed by atoms with Crippen LogP contribution in [0.25, 0.3) is 16.9 Å². The van der Waals surface area contributed by atoms with Gasteiger partial charge in [-0.3, -0.25) is 4.40 Å². The first-order chi connectivity index (χ1) is 14.8. The highest BCUT2D eigenvalue weighted by Crippen LogP contribution is 2.32. The van der Waals surface area contributed by atoms with Gasteiger partial charge >= 0.3 is 12.1 Å². The lowest BCUT2D eigenvalue weighted by atomic mass is 10.1. The molecule has 0 N–H and O–H groups in total. The summed E-state index contributed by atoms with van der Waals surface area (Å²) >= 11 is 1.38. The lowest BCUT2D eigenvalue weighted by molar-refractivity contribution is -0.137. The quantitative estimate of drug-likeness (QED) is 0.312. The summed E-state index contributed by atoms with van der Waals surface area (Å²) in [7, 11) is 0. The Labute approximate surface area is 178 Å². The number of rotatable bonds is 5. The molecule has 1 unspecified atom stereocenters. The second-order valence-electron chi connectivity index (χ2n) is 6.49. The monoisotopic (exact) mass is 448 g/mol. The molecule has 4 rings (SSSR count). The Bertz CT molecular complexity index is 1250. The Morgan fingerprint density at radius 3 is 2.74 bits per heavy atom. The summed E-state index contributed by atoms with van der Waals surface area (Å²) in [6.45, 7) is 1.52. The largest absolute Gasteiger partial charge is 0.448 e. The van der Waals surface area contributed by atoms with Crippen LogP contribution in [-0.2, 0) is 10.9 Å². The number of imidazole rings is 1. The Balaban J connectivity index is 1.55. The first-order valence-electron chi connectivity index (χ1n) is 9.01. The van der Waals surface area contributed by atoms with Gasteiger partial charge in [0.2, 0.25) is 5.82 Å². The predicted octanol–water partition coefficient (Wildman–Crippen LogP) is 5.04. The number of benzene rings is 1. The summed E-state index contributed by atoms with van der Waals surface area (Å²) in [5, 5.41) is 4.34. The second kappa shape index (κ2) is 8.06. The van der Waals surface area contributed by atoms with Crippen LogP contribution in [0.1, 0.15) is 35.0 Å². The molecule has 0 bridgehead atoms. The average Bonchev–Trinajstić information content (AvgIpc) is 3.38. The second-order valence-corrected chi connectivity index (χ2v) is 7.26. The number of fused-ring (bicyclic) bond motifs is 1. The van der Waals surface area contributed by atoms with Gasteiger partial charge in [-0.05, 0) is 37.4 Å². The van der Waals surface area contributed by atoms with Crippen LogP contribution in [-0.4, -0.2) is 31.8 Å². The zero-order valence-electron chi connectivity index (χ0n) is 16.3. The van der Waals surface area contributed by atoms with Gasteiger partial charge in [0.1, 0.15) is 0 Å². The Morgan fingerprint density at radius 1 is 1.19 bits per heavy atom. The van der Waals surface area contributed by atoms with Crippen LogP contribution in [0.15, 0.2) is 58.3 Å². The number of carbonyl (C=O) groups excluding carboxylic acids is 1. The highest BCUT2D eigenvalue weighted by molar-refractivity contribution is 7.98. The van der Waals surface area contributed by atoms with Crippen molar-refractivity contribution in [1.29, 1.82) is 0 Å². The fourth-order valence-corrected chi connectivity index (χ4v) is 3.46. The van der Waals surface area contributed by atoms with Gasteiger partial charge in [-0.1, -0.05) is 35.1 Å². The number of ether oxygens (including phenoxy) is 1. The average molecular weight is 448 g/mol. The molecule has 7 nitrogen and oxygen atoms in total. The van der Waals surface area contributed by atoms with Gasteiger partial charge in [-0.2, -0.15) is 18.2 Å². The predicted molar refractivity (Wildman–Crippen MR) is 106 cm³/mol. The normalized spacial score (nSPS) is 12.8. The van der Waals surface area contributed by atoms with Crippen LogP contribution in [0.3, 0.4) is 0 Å². The van der Waals surface area contributed by atoms with Gasteiger partial charge in [0.05, 0.1) is 11.1 Å². The molecule has 0 amide bonds. The van der Waals surface area contributed by atoms with E-state index in [0.29, 0.717) is 10.7 Å². The summed E-state index contributed by atoms with van der Waals surface area (Å²) in [6, 6.07) is 9.90. The maximum atomic E-state index is 12.9. The number of alkyl halides is 3. The van der Waals surface area contributed by atoms with E-state index in [9.17, 15) is 18.0 Å². The van der Waals surface area contributed by atoms with E-state index in [0.717, 1.165) is 12.1 Å². The third-order valence-electron chi connectivity index (χ3n) is 4.41. The number of esters is 1. The third-order valence-corrected chi connectivity index (χ3v) is 5.07. The van der Waals surface area contributed by atoms with Gasteiger partial charge < -0.3 is 9.26 Å². The summed E-state index contributed by atoms with van der Waals surface area (Å²) < 4.78 is 51.1. The van der Waals surface area contributed by atoms with E-state index in [4.69, 9.17) is 9.26 Å². The molecule has 0 aliphatic carbocycles. The highest BCUT2D eigenvalue weighted by Gasteiger charge is 2.31. The minimum Gasteiger partial charge on any atom is -0.448 e. The maximum absolute atomic E-state index is 12.9. The smallest absolute Gasteiger partial charge is 0.416 e. The number of hydrogen-bond acceptors (Lipinski definition) is 7. The molecular weight excluding hydrogens is 433 g/mol. The lowest BCUT2D eigenvalue weighted by Gasteiger charge is -2.08. The van der Waals surface area contributed by atoms with E-state index in [2.05, 4.69) is 15.1 Å². The first-order valence-corrected chi connectivity index (χ1v) is 10.2. The molecule has 0 saturated carbocycles. The molecule has 160 valence electrons. The molecule has 0 aliphatic heterocycles. The number of thioether (sulfide) groups is 1. The Hall–Kier alpha value is -3.34. The van der Waals surface area contributed by atoms with Gasteiger partial charge in [0.25, 0.3) is 5.89 Å². The SMILES string of the molecule is CSc1nc(C(=O)OC(C)c2nc(-c3cccc(C(F)(F)F)c3)no2)c2ccccn12. The Morgan fingerprint density at radius 2 is 2.00 bits per heavy atom. The molecule has 3 heterocycles. The minimum atomic E-state index is -4.49. The van der Waals surface area contributed by atoms with Crippen LogP contribution in [0.4, 0.5) is 13.2 Å². The molecule has 31 heavy (non-hydrogen) atoms. The molecule has 0 radical (unpaired) electrons. The van der Waals surface area contributed by atoms with Crippen LogP contribution in [0.2, 0.25) is 0 Å². The Kier molecular flexibility index (Phi) is 5.44. The van der Waals surface area contributed by atoms with Crippen LogP contribution in [0, 0.1) is 0 Å². The molecule has 0 fully saturated rings. The van der Waals surface area contributed by atoms with Crippen molar-refractivity contribution in [3.05, 3.63) is 65.8 Å². The molecule has 11 heteroatoms. The number of aromatic nitrogens is 4. The zero-order valence-corrected chi connectivity index (χ0v) is 17.1. The van der Waals surface area contributed by atoms with Crippen LogP contribution in [0.5, 0.6) is 0 Å². The molecular formula is C20H15F3N4O3S. The number of pyridine rings is 1. The molecule has 3 aromatic heterocycles. The molecule has 0 saturated heterocycles. The fraction of sp³-hybridized carbons (Fsp3) is 0.200. The number of hydrogen-bond donors (Lipinski definition) is 0. The summed E-state index contributed by atoms with van der Waals surface area (Å²) in [5.41, 5.74) is 0.0220. The molecule has 1 aromatic carbocycles. The molecule has 0 aliphatic rings.